The molecule has 106 valence electrons. The average Bonchev–Trinajstić information content (AvgIpc) is 2.53. The van der Waals surface area contributed by atoms with Crippen LogP contribution in [0.1, 0.15) is 11.4 Å². The Morgan fingerprint density at radius 1 is 0.905 bits per heavy atom. The lowest BCUT2D eigenvalue weighted by molar-refractivity contribution is 0.311. The number of nitrogens with one attached hydrogen (secondary N) is 1. The largest absolute Gasteiger partial charge is 0.395 e. The third-order valence-electron chi connectivity index (χ3n) is 3.26. The number of nitrogens with zero attached hydrogens (tertiary/aromatic N) is 2. The summed E-state index contributed by atoms with van der Waals surface area (Å²) < 4.78 is 0. The van der Waals surface area contributed by atoms with E-state index in [4.69, 9.17) is 5.11 Å². The number of aliphatic hydroxyl groups is 1. The standard InChI is InChI=1S/C17H17N3O/c21-11-10-18-17-14-8-4-5-9-15(14)19-16(20-17)12-13-6-2-1-3-7-13/h1-9,21H,10-12H2,(H,18,19,20). The zero-order valence-corrected chi connectivity index (χ0v) is 11.7. The van der Waals surface area contributed by atoms with Gasteiger partial charge in [-0.2, -0.15) is 0 Å². The lowest BCUT2D eigenvalue weighted by atomic mass is 10.1. The van der Waals surface area contributed by atoms with E-state index in [0.717, 1.165) is 22.5 Å². The van der Waals surface area contributed by atoms with Crippen LogP contribution in [0.4, 0.5) is 5.82 Å². The molecule has 0 radical (unpaired) electrons. The third-order valence-corrected chi connectivity index (χ3v) is 3.26. The number of rotatable bonds is 5. The molecule has 0 aliphatic heterocycles. The maximum atomic E-state index is 9.00. The lowest BCUT2D eigenvalue weighted by Crippen LogP contribution is -2.09. The monoisotopic (exact) mass is 279 g/mol. The van der Waals surface area contributed by atoms with E-state index in [0.29, 0.717) is 13.0 Å². The highest BCUT2D eigenvalue weighted by Crippen LogP contribution is 2.20. The van der Waals surface area contributed by atoms with E-state index >= 15 is 0 Å². The van der Waals surface area contributed by atoms with Crippen molar-refractivity contribution in [3.8, 4) is 0 Å². The molecule has 2 N–H and O–H groups in total. The molecular formula is C17H17N3O. The summed E-state index contributed by atoms with van der Waals surface area (Å²) in [5, 5.41) is 13.1. The van der Waals surface area contributed by atoms with Gasteiger partial charge in [0.25, 0.3) is 0 Å². The second-order valence-electron chi connectivity index (χ2n) is 4.82. The Bertz CT molecular complexity index is 728. The van der Waals surface area contributed by atoms with Crippen molar-refractivity contribution in [2.75, 3.05) is 18.5 Å². The number of aliphatic hydroxyl groups excluding tert-OH is 1. The van der Waals surface area contributed by atoms with Crippen LogP contribution in [0.5, 0.6) is 0 Å². The van der Waals surface area contributed by atoms with Crippen LogP contribution in [0, 0.1) is 0 Å². The molecule has 0 saturated heterocycles. The van der Waals surface area contributed by atoms with Gasteiger partial charge in [0.15, 0.2) is 0 Å². The topological polar surface area (TPSA) is 58.0 Å². The fourth-order valence-electron chi connectivity index (χ4n) is 2.29. The van der Waals surface area contributed by atoms with Gasteiger partial charge in [0.05, 0.1) is 12.1 Å². The summed E-state index contributed by atoms with van der Waals surface area (Å²) in [5.74, 6) is 1.56. The summed E-state index contributed by atoms with van der Waals surface area (Å²) in [7, 11) is 0. The second kappa shape index (κ2) is 6.33. The molecule has 0 aliphatic rings. The molecular weight excluding hydrogens is 262 g/mol. The zero-order chi connectivity index (χ0) is 14.5. The van der Waals surface area contributed by atoms with Crippen LogP contribution < -0.4 is 5.32 Å². The molecule has 0 atom stereocenters. The number of anilines is 1. The number of hydrogen-bond acceptors (Lipinski definition) is 4. The molecule has 2 aromatic carbocycles. The minimum atomic E-state index is 0.0757. The van der Waals surface area contributed by atoms with Gasteiger partial charge in [-0.05, 0) is 17.7 Å². The van der Waals surface area contributed by atoms with E-state index in [1.54, 1.807) is 0 Å². The molecule has 0 unspecified atom stereocenters. The summed E-state index contributed by atoms with van der Waals surface area (Å²) in [5.41, 5.74) is 2.10. The predicted octanol–water partition coefficient (Wildman–Crippen LogP) is 2.62. The number of fused-ring (bicyclic) bond motifs is 1. The molecule has 4 nitrogen and oxygen atoms in total. The van der Waals surface area contributed by atoms with Crippen molar-refractivity contribution in [1.82, 2.24) is 9.97 Å². The average molecular weight is 279 g/mol. The van der Waals surface area contributed by atoms with E-state index in [-0.39, 0.29) is 6.61 Å². The van der Waals surface area contributed by atoms with Gasteiger partial charge in [-0.1, -0.05) is 42.5 Å². The first-order valence-electron chi connectivity index (χ1n) is 7.01. The highest BCUT2D eigenvalue weighted by molar-refractivity contribution is 5.89. The maximum Gasteiger partial charge on any atom is 0.137 e. The first kappa shape index (κ1) is 13.5. The third kappa shape index (κ3) is 3.17. The first-order valence-corrected chi connectivity index (χ1v) is 7.01. The van der Waals surface area contributed by atoms with Crippen LogP contribution in [0.15, 0.2) is 54.6 Å². The fraction of sp³-hybridized carbons (Fsp3) is 0.176. The number of benzene rings is 2. The minimum absolute atomic E-state index is 0.0757. The summed E-state index contributed by atoms with van der Waals surface area (Å²) in [4.78, 5) is 9.23. The normalized spacial score (nSPS) is 10.7. The van der Waals surface area contributed by atoms with Crippen LogP contribution in [0.25, 0.3) is 10.9 Å². The second-order valence-corrected chi connectivity index (χ2v) is 4.82. The molecule has 0 fully saturated rings. The highest BCUT2D eigenvalue weighted by atomic mass is 16.3. The lowest BCUT2D eigenvalue weighted by Gasteiger charge is -2.10. The van der Waals surface area contributed by atoms with Gasteiger partial charge in [0.1, 0.15) is 11.6 Å². The van der Waals surface area contributed by atoms with Crippen LogP contribution in [0.2, 0.25) is 0 Å². The van der Waals surface area contributed by atoms with E-state index in [2.05, 4.69) is 27.4 Å². The summed E-state index contributed by atoms with van der Waals surface area (Å²) in [6.07, 6.45) is 0.694. The van der Waals surface area contributed by atoms with Gasteiger partial charge in [0.2, 0.25) is 0 Å². The Morgan fingerprint density at radius 3 is 2.48 bits per heavy atom. The smallest absolute Gasteiger partial charge is 0.137 e. The number of hydrogen-bond donors (Lipinski definition) is 2. The van der Waals surface area contributed by atoms with Crippen molar-refractivity contribution in [1.29, 1.82) is 0 Å². The first-order chi connectivity index (χ1) is 10.4. The molecule has 21 heavy (non-hydrogen) atoms. The van der Waals surface area contributed by atoms with E-state index < -0.39 is 0 Å². The van der Waals surface area contributed by atoms with Crippen LogP contribution in [-0.2, 0) is 6.42 Å². The van der Waals surface area contributed by atoms with E-state index in [1.807, 2.05) is 42.5 Å². The zero-order valence-electron chi connectivity index (χ0n) is 11.7. The van der Waals surface area contributed by atoms with Gasteiger partial charge >= 0.3 is 0 Å². The molecule has 0 amide bonds. The predicted molar refractivity (Wildman–Crippen MR) is 84.4 cm³/mol. The minimum Gasteiger partial charge on any atom is -0.395 e. The quantitative estimate of drug-likeness (QED) is 0.754. The van der Waals surface area contributed by atoms with Gasteiger partial charge in [0, 0.05) is 18.4 Å². The van der Waals surface area contributed by atoms with Gasteiger partial charge in [-0.25, -0.2) is 9.97 Å². The Labute approximate surface area is 123 Å². The Kier molecular flexibility index (Phi) is 4.07. The summed E-state index contributed by atoms with van der Waals surface area (Å²) in [6.45, 7) is 0.554. The van der Waals surface area contributed by atoms with Gasteiger partial charge < -0.3 is 10.4 Å². The van der Waals surface area contributed by atoms with Crippen LogP contribution in [-0.4, -0.2) is 28.2 Å². The molecule has 0 spiro atoms. The highest BCUT2D eigenvalue weighted by Gasteiger charge is 2.07. The van der Waals surface area contributed by atoms with Crippen molar-refractivity contribution in [3.05, 3.63) is 66.0 Å². The van der Waals surface area contributed by atoms with Gasteiger partial charge in [-0.15, -0.1) is 0 Å². The number of para-hydroxylation sites is 1. The number of aromatic nitrogens is 2. The van der Waals surface area contributed by atoms with Crippen molar-refractivity contribution < 1.29 is 5.11 Å². The SMILES string of the molecule is OCCNc1nc(Cc2ccccc2)nc2ccccc12. The molecule has 3 rings (SSSR count). The molecule has 4 heteroatoms. The summed E-state index contributed by atoms with van der Waals surface area (Å²) >= 11 is 0. The van der Waals surface area contributed by atoms with Crippen molar-refractivity contribution in [2.45, 2.75) is 6.42 Å². The maximum absolute atomic E-state index is 9.00. The van der Waals surface area contributed by atoms with Crippen LogP contribution >= 0.6 is 0 Å². The Hall–Kier alpha value is -2.46. The molecule has 0 aliphatic carbocycles. The van der Waals surface area contributed by atoms with Crippen LogP contribution in [0.3, 0.4) is 0 Å². The van der Waals surface area contributed by atoms with Crippen molar-refractivity contribution in [2.24, 2.45) is 0 Å². The fourth-order valence-corrected chi connectivity index (χ4v) is 2.29. The van der Waals surface area contributed by atoms with E-state index in [9.17, 15) is 0 Å². The summed E-state index contributed by atoms with van der Waals surface area (Å²) in [6, 6.07) is 18.1. The molecule has 1 heterocycles. The van der Waals surface area contributed by atoms with E-state index in [1.165, 1.54) is 5.56 Å². The van der Waals surface area contributed by atoms with Crippen molar-refractivity contribution in [3.63, 3.8) is 0 Å². The molecule has 0 saturated carbocycles. The molecule has 3 aromatic rings. The van der Waals surface area contributed by atoms with Crippen molar-refractivity contribution >= 4 is 16.7 Å². The van der Waals surface area contributed by atoms with Gasteiger partial charge in [-0.3, -0.25) is 0 Å². The Morgan fingerprint density at radius 2 is 1.67 bits per heavy atom. The molecule has 0 bridgehead atoms. The Balaban J connectivity index is 1.99. The molecule has 1 aromatic heterocycles.